The third-order valence-corrected chi connectivity index (χ3v) is 1.64. The van der Waals surface area contributed by atoms with E-state index in [0.29, 0.717) is 0 Å². The molecule has 1 aromatic carbocycles. The zero-order valence-electron chi connectivity index (χ0n) is 8.02. The maximum absolute atomic E-state index is 11.2. The topological polar surface area (TPSA) is 86.5 Å². The summed E-state index contributed by atoms with van der Waals surface area (Å²) < 4.78 is 4.34. The Kier molecular flexibility index (Phi) is 3.17. The molecule has 1 rings (SSSR count). The van der Waals surface area contributed by atoms with Crippen molar-refractivity contribution in [1.29, 1.82) is 0 Å². The minimum absolute atomic E-state index is 0.190. The highest BCUT2D eigenvalue weighted by Crippen LogP contribution is 2.05. The molecule has 0 spiro atoms. The third kappa shape index (κ3) is 2.91. The fourth-order valence-electron chi connectivity index (χ4n) is 0.960. The van der Waals surface area contributed by atoms with Crippen LogP contribution in [0.25, 0.3) is 0 Å². The Morgan fingerprint density at radius 2 is 1.53 bits per heavy atom. The molecular formula is C10H9NO4. The largest absolute Gasteiger partial charge is 0.390 e. The van der Waals surface area contributed by atoms with Gasteiger partial charge >= 0.3 is 11.9 Å². The number of carbonyl (C=O) groups is 3. The fraction of sp³-hybridized carbons (Fsp3) is 0.100. The van der Waals surface area contributed by atoms with Gasteiger partial charge in [-0.25, -0.2) is 4.79 Å². The van der Waals surface area contributed by atoms with Crippen molar-refractivity contribution >= 4 is 17.8 Å². The van der Waals surface area contributed by atoms with Gasteiger partial charge in [-0.15, -0.1) is 0 Å². The number of ether oxygens (including phenoxy) is 1. The minimum Gasteiger partial charge on any atom is -0.390 e. The van der Waals surface area contributed by atoms with E-state index in [1.807, 2.05) is 0 Å². The molecule has 78 valence electrons. The monoisotopic (exact) mass is 207 g/mol. The maximum atomic E-state index is 11.2. The second-order valence-corrected chi connectivity index (χ2v) is 2.82. The molecule has 0 atom stereocenters. The first-order valence-corrected chi connectivity index (χ1v) is 4.13. The third-order valence-electron chi connectivity index (χ3n) is 1.64. The van der Waals surface area contributed by atoms with E-state index in [-0.39, 0.29) is 11.1 Å². The number of esters is 2. The molecule has 0 saturated carbocycles. The summed E-state index contributed by atoms with van der Waals surface area (Å²) in [5.74, 6) is -2.01. The fourth-order valence-corrected chi connectivity index (χ4v) is 0.960. The van der Waals surface area contributed by atoms with Crippen LogP contribution in [0.2, 0.25) is 0 Å². The molecule has 0 radical (unpaired) electrons. The Bertz CT molecular complexity index is 408. The van der Waals surface area contributed by atoms with Crippen LogP contribution >= 0.6 is 0 Å². The van der Waals surface area contributed by atoms with Crippen molar-refractivity contribution in [2.75, 3.05) is 0 Å². The first-order valence-electron chi connectivity index (χ1n) is 4.13. The zero-order valence-corrected chi connectivity index (χ0v) is 8.02. The van der Waals surface area contributed by atoms with Crippen molar-refractivity contribution in [3.63, 3.8) is 0 Å². The molecular weight excluding hydrogens is 198 g/mol. The van der Waals surface area contributed by atoms with Gasteiger partial charge in [-0.3, -0.25) is 9.59 Å². The summed E-state index contributed by atoms with van der Waals surface area (Å²) in [5.41, 5.74) is 5.49. The number of benzene rings is 1. The van der Waals surface area contributed by atoms with Gasteiger partial charge in [0.15, 0.2) is 0 Å². The van der Waals surface area contributed by atoms with E-state index in [1.165, 1.54) is 24.3 Å². The normalized spacial score (nSPS) is 9.40. The van der Waals surface area contributed by atoms with Gasteiger partial charge < -0.3 is 10.5 Å². The van der Waals surface area contributed by atoms with Crippen molar-refractivity contribution in [2.45, 2.75) is 6.92 Å². The lowest BCUT2D eigenvalue weighted by Crippen LogP contribution is -2.12. The van der Waals surface area contributed by atoms with Gasteiger partial charge in [0.2, 0.25) is 5.91 Å². The van der Waals surface area contributed by atoms with E-state index in [4.69, 9.17) is 5.73 Å². The van der Waals surface area contributed by atoms with Crippen molar-refractivity contribution in [3.8, 4) is 0 Å². The summed E-state index contributed by atoms with van der Waals surface area (Å²) in [4.78, 5) is 32.4. The highest BCUT2D eigenvalue weighted by atomic mass is 16.6. The summed E-state index contributed by atoms with van der Waals surface area (Å²) >= 11 is 0. The molecule has 1 aromatic rings. The van der Waals surface area contributed by atoms with Crippen LogP contribution in [-0.2, 0) is 9.53 Å². The molecule has 0 aromatic heterocycles. The average molecular weight is 207 g/mol. The minimum atomic E-state index is -0.751. The molecule has 0 aliphatic carbocycles. The van der Waals surface area contributed by atoms with Gasteiger partial charge in [0.05, 0.1) is 5.56 Å². The van der Waals surface area contributed by atoms with Gasteiger partial charge in [-0.1, -0.05) is 0 Å². The Balaban J connectivity index is 2.84. The van der Waals surface area contributed by atoms with Crippen molar-refractivity contribution < 1.29 is 19.1 Å². The van der Waals surface area contributed by atoms with Crippen molar-refractivity contribution in [1.82, 2.24) is 0 Å². The molecule has 5 heteroatoms. The molecule has 2 N–H and O–H groups in total. The molecule has 0 aliphatic heterocycles. The lowest BCUT2D eigenvalue weighted by molar-refractivity contribution is -0.135. The Morgan fingerprint density at radius 1 is 1.07 bits per heavy atom. The number of amides is 1. The van der Waals surface area contributed by atoms with Crippen LogP contribution in [0.3, 0.4) is 0 Å². The summed E-state index contributed by atoms with van der Waals surface area (Å²) in [5, 5.41) is 0. The Hall–Kier alpha value is -2.17. The summed E-state index contributed by atoms with van der Waals surface area (Å²) in [6, 6.07) is 5.51. The van der Waals surface area contributed by atoms with Crippen LogP contribution in [0.1, 0.15) is 27.6 Å². The quantitative estimate of drug-likeness (QED) is 0.564. The molecule has 0 heterocycles. The lowest BCUT2D eigenvalue weighted by atomic mass is 10.1. The average Bonchev–Trinajstić information content (AvgIpc) is 2.17. The number of rotatable bonds is 2. The molecule has 5 nitrogen and oxygen atoms in total. The van der Waals surface area contributed by atoms with Gasteiger partial charge in [-0.2, -0.15) is 0 Å². The van der Waals surface area contributed by atoms with E-state index >= 15 is 0 Å². The SMILES string of the molecule is CC(=O)OC(=O)c1ccc(C(N)=O)cc1. The van der Waals surface area contributed by atoms with E-state index < -0.39 is 17.8 Å². The maximum Gasteiger partial charge on any atom is 0.345 e. The van der Waals surface area contributed by atoms with E-state index in [0.717, 1.165) is 6.92 Å². The van der Waals surface area contributed by atoms with Gasteiger partial charge in [-0.05, 0) is 24.3 Å². The van der Waals surface area contributed by atoms with E-state index in [1.54, 1.807) is 0 Å². The van der Waals surface area contributed by atoms with E-state index in [2.05, 4.69) is 4.74 Å². The zero-order chi connectivity index (χ0) is 11.4. The van der Waals surface area contributed by atoms with Gasteiger partial charge in [0.1, 0.15) is 0 Å². The first kappa shape index (κ1) is 10.9. The number of hydrogen-bond donors (Lipinski definition) is 1. The Labute approximate surface area is 85.8 Å². The predicted octanol–water partition coefficient (Wildman–Crippen LogP) is 0.489. The van der Waals surface area contributed by atoms with Crippen LogP contribution in [0.15, 0.2) is 24.3 Å². The van der Waals surface area contributed by atoms with Crippen molar-refractivity contribution in [3.05, 3.63) is 35.4 Å². The standard InChI is InChI=1S/C10H9NO4/c1-6(12)15-10(14)8-4-2-7(3-5-8)9(11)13/h2-5H,1H3,(H2,11,13). The molecule has 15 heavy (non-hydrogen) atoms. The van der Waals surface area contributed by atoms with Crippen LogP contribution in [0.4, 0.5) is 0 Å². The number of primary amides is 1. The summed E-state index contributed by atoms with van der Waals surface area (Å²) in [6.07, 6.45) is 0. The first-order chi connectivity index (χ1) is 7.00. The second kappa shape index (κ2) is 4.36. The lowest BCUT2D eigenvalue weighted by Gasteiger charge is -2.00. The van der Waals surface area contributed by atoms with Crippen LogP contribution in [-0.4, -0.2) is 17.8 Å². The van der Waals surface area contributed by atoms with E-state index in [9.17, 15) is 14.4 Å². The van der Waals surface area contributed by atoms with Gasteiger partial charge in [0, 0.05) is 12.5 Å². The molecule has 0 saturated heterocycles. The summed E-state index contributed by atoms with van der Waals surface area (Å²) in [7, 11) is 0. The highest BCUT2D eigenvalue weighted by molar-refractivity contribution is 5.98. The molecule has 1 amide bonds. The highest BCUT2D eigenvalue weighted by Gasteiger charge is 2.10. The Morgan fingerprint density at radius 3 is 1.93 bits per heavy atom. The predicted molar refractivity (Wildman–Crippen MR) is 51.1 cm³/mol. The van der Waals surface area contributed by atoms with Crippen LogP contribution in [0, 0.1) is 0 Å². The molecule has 0 fully saturated rings. The molecule has 0 bridgehead atoms. The number of hydrogen-bond acceptors (Lipinski definition) is 4. The van der Waals surface area contributed by atoms with Gasteiger partial charge in [0.25, 0.3) is 0 Å². The number of carbonyl (C=O) groups excluding carboxylic acids is 3. The molecule has 0 aliphatic rings. The smallest absolute Gasteiger partial charge is 0.345 e. The van der Waals surface area contributed by atoms with Crippen LogP contribution < -0.4 is 5.73 Å². The summed E-state index contributed by atoms with van der Waals surface area (Å²) in [6.45, 7) is 1.13. The van der Waals surface area contributed by atoms with Crippen LogP contribution in [0.5, 0.6) is 0 Å². The number of nitrogens with two attached hydrogens (primary N) is 1. The molecule has 0 unspecified atom stereocenters. The van der Waals surface area contributed by atoms with Crippen molar-refractivity contribution in [2.24, 2.45) is 5.73 Å². The second-order valence-electron chi connectivity index (χ2n) is 2.82.